The van der Waals surface area contributed by atoms with Gasteiger partial charge in [0.15, 0.2) is 0 Å². The number of ether oxygens (including phenoxy) is 2. The molecule has 0 aliphatic heterocycles. The monoisotopic (exact) mass is 248 g/mol. The molecular weight excluding hydrogens is 228 g/mol. The van der Waals surface area contributed by atoms with Crippen LogP contribution in [0.3, 0.4) is 0 Å². The maximum atomic E-state index is 11.2. The zero-order chi connectivity index (χ0) is 13.2. The Morgan fingerprint density at radius 2 is 1.83 bits per heavy atom. The number of benzene rings is 1. The molecule has 0 saturated heterocycles. The van der Waals surface area contributed by atoms with Gasteiger partial charge in [0.25, 0.3) is 0 Å². The molecule has 3 heteroatoms. The zero-order valence-electron chi connectivity index (χ0n) is 10.9. The molecule has 3 nitrogen and oxygen atoms in total. The molecule has 0 spiro atoms. The van der Waals surface area contributed by atoms with Crippen LogP contribution in [0.15, 0.2) is 36.9 Å². The van der Waals surface area contributed by atoms with Gasteiger partial charge >= 0.3 is 6.16 Å². The fourth-order valence-corrected chi connectivity index (χ4v) is 1.42. The largest absolute Gasteiger partial charge is 0.508 e. The molecule has 98 valence electrons. The van der Waals surface area contributed by atoms with Crippen LogP contribution in [0.5, 0.6) is 0 Å². The van der Waals surface area contributed by atoms with Crippen molar-refractivity contribution in [3.05, 3.63) is 42.5 Å². The van der Waals surface area contributed by atoms with E-state index in [9.17, 15) is 4.79 Å². The minimum Gasteiger partial charge on any atom is -0.434 e. The first-order chi connectivity index (χ1) is 8.74. The van der Waals surface area contributed by atoms with Gasteiger partial charge in [0, 0.05) is 6.42 Å². The van der Waals surface area contributed by atoms with Gasteiger partial charge in [0.1, 0.15) is 0 Å². The molecule has 0 fully saturated rings. The quantitative estimate of drug-likeness (QED) is 0.539. The third-order valence-electron chi connectivity index (χ3n) is 2.52. The molecule has 1 rings (SSSR count). The van der Waals surface area contributed by atoms with Gasteiger partial charge in [-0.15, -0.1) is 0 Å². The summed E-state index contributed by atoms with van der Waals surface area (Å²) in [6.45, 7) is 6.74. The second-order valence-corrected chi connectivity index (χ2v) is 4.02. The van der Waals surface area contributed by atoms with Gasteiger partial charge in [-0.25, -0.2) is 4.79 Å². The van der Waals surface area contributed by atoms with Gasteiger partial charge in [-0.3, -0.25) is 0 Å². The molecule has 0 bridgehead atoms. The van der Waals surface area contributed by atoms with Crippen LogP contribution < -0.4 is 0 Å². The van der Waals surface area contributed by atoms with Gasteiger partial charge in [0.2, 0.25) is 0 Å². The molecule has 18 heavy (non-hydrogen) atoms. The van der Waals surface area contributed by atoms with Crippen LogP contribution in [0.1, 0.15) is 31.7 Å². The van der Waals surface area contributed by atoms with Gasteiger partial charge in [0.05, 0.1) is 13.2 Å². The van der Waals surface area contributed by atoms with E-state index in [1.807, 2.05) is 37.3 Å². The van der Waals surface area contributed by atoms with E-state index in [4.69, 9.17) is 9.47 Å². The number of carbonyl (C=O) groups is 1. The highest BCUT2D eigenvalue weighted by Crippen LogP contribution is 2.15. The van der Waals surface area contributed by atoms with E-state index in [1.54, 1.807) is 0 Å². The second-order valence-electron chi connectivity index (χ2n) is 4.02. The Morgan fingerprint density at radius 1 is 1.17 bits per heavy atom. The maximum absolute atomic E-state index is 11.2. The average molecular weight is 248 g/mol. The van der Waals surface area contributed by atoms with Crippen LogP contribution >= 0.6 is 0 Å². The highest BCUT2D eigenvalue weighted by Gasteiger charge is 2.04. The van der Waals surface area contributed by atoms with E-state index >= 15 is 0 Å². The summed E-state index contributed by atoms with van der Waals surface area (Å²) in [4.78, 5) is 11.2. The van der Waals surface area contributed by atoms with Crippen molar-refractivity contribution in [2.24, 2.45) is 0 Å². The minimum absolute atomic E-state index is 0.304. The average Bonchev–Trinajstić information content (AvgIpc) is 2.40. The molecule has 0 unspecified atom stereocenters. The minimum atomic E-state index is -0.593. The van der Waals surface area contributed by atoms with Crippen LogP contribution in [0.4, 0.5) is 4.79 Å². The van der Waals surface area contributed by atoms with Gasteiger partial charge in [-0.2, -0.15) is 0 Å². The van der Waals surface area contributed by atoms with E-state index in [1.165, 1.54) is 0 Å². The first-order valence-corrected chi connectivity index (χ1v) is 6.26. The maximum Gasteiger partial charge on any atom is 0.508 e. The SMILES string of the molecule is C=C(CCOC(=O)OCCCC)c1ccccc1. The lowest BCUT2D eigenvalue weighted by molar-refractivity contribution is 0.0560. The molecular formula is C15H20O3. The van der Waals surface area contributed by atoms with Crippen molar-refractivity contribution in [3.8, 4) is 0 Å². The summed E-state index contributed by atoms with van der Waals surface area (Å²) in [5.41, 5.74) is 2.03. The fraction of sp³-hybridized carbons (Fsp3) is 0.400. The van der Waals surface area contributed by atoms with Crippen molar-refractivity contribution in [2.45, 2.75) is 26.2 Å². The van der Waals surface area contributed by atoms with E-state index in [-0.39, 0.29) is 0 Å². The van der Waals surface area contributed by atoms with Crippen molar-refractivity contribution >= 4 is 11.7 Å². The first kappa shape index (κ1) is 14.3. The Hall–Kier alpha value is -1.77. The molecule has 0 aliphatic rings. The molecule has 0 N–H and O–H groups in total. The Kier molecular flexibility index (Phi) is 6.62. The summed E-state index contributed by atoms with van der Waals surface area (Å²) in [5.74, 6) is 0. The second kappa shape index (κ2) is 8.34. The summed E-state index contributed by atoms with van der Waals surface area (Å²) < 4.78 is 9.84. The molecule has 0 aliphatic carbocycles. The normalized spacial score (nSPS) is 9.83. The Morgan fingerprint density at radius 3 is 2.50 bits per heavy atom. The summed E-state index contributed by atoms with van der Waals surface area (Å²) >= 11 is 0. The number of unbranched alkanes of at least 4 members (excludes halogenated alkanes) is 1. The summed E-state index contributed by atoms with van der Waals surface area (Å²) in [7, 11) is 0. The standard InChI is InChI=1S/C15H20O3/c1-3-4-11-17-15(16)18-12-10-13(2)14-8-6-5-7-9-14/h5-9H,2-4,10-12H2,1H3. The Balaban J connectivity index is 2.18. The van der Waals surface area contributed by atoms with Crippen molar-refractivity contribution in [1.29, 1.82) is 0 Å². The highest BCUT2D eigenvalue weighted by atomic mass is 16.7. The van der Waals surface area contributed by atoms with Crippen molar-refractivity contribution in [1.82, 2.24) is 0 Å². The van der Waals surface area contributed by atoms with Crippen LogP contribution in [0.2, 0.25) is 0 Å². The molecule has 0 amide bonds. The topological polar surface area (TPSA) is 35.5 Å². The smallest absolute Gasteiger partial charge is 0.434 e. The van der Waals surface area contributed by atoms with Gasteiger partial charge in [-0.1, -0.05) is 50.3 Å². The van der Waals surface area contributed by atoms with Crippen LogP contribution in [0.25, 0.3) is 5.57 Å². The lowest BCUT2D eigenvalue weighted by atomic mass is 10.1. The van der Waals surface area contributed by atoms with E-state index in [0.717, 1.165) is 24.0 Å². The molecule has 1 aromatic carbocycles. The van der Waals surface area contributed by atoms with E-state index < -0.39 is 6.16 Å². The van der Waals surface area contributed by atoms with Crippen molar-refractivity contribution < 1.29 is 14.3 Å². The van der Waals surface area contributed by atoms with Crippen LogP contribution in [-0.4, -0.2) is 19.4 Å². The lowest BCUT2D eigenvalue weighted by Gasteiger charge is -2.07. The Labute approximate surface area is 108 Å². The lowest BCUT2D eigenvalue weighted by Crippen LogP contribution is -2.09. The third-order valence-corrected chi connectivity index (χ3v) is 2.52. The van der Waals surface area contributed by atoms with E-state index in [2.05, 4.69) is 6.58 Å². The predicted octanol–water partition coefficient (Wildman–Crippen LogP) is 4.04. The van der Waals surface area contributed by atoms with Gasteiger partial charge < -0.3 is 9.47 Å². The van der Waals surface area contributed by atoms with Crippen LogP contribution in [-0.2, 0) is 9.47 Å². The van der Waals surface area contributed by atoms with Crippen LogP contribution in [0, 0.1) is 0 Å². The first-order valence-electron chi connectivity index (χ1n) is 6.26. The molecule has 0 heterocycles. The number of carbonyl (C=O) groups excluding carboxylic acids is 1. The number of hydrogen-bond donors (Lipinski definition) is 0. The van der Waals surface area contributed by atoms with Crippen molar-refractivity contribution in [3.63, 3.8) is 0 Å². The summed E-state index contributed by atoms with van der Waals surface area (Å²) in [6, 6.07) is 9.85. The summed E-state index contributed by atoms with van der Waals surface area (Å²) in [6.07, 6.45) is 1.89. The van der Waals surface area contributed by atoms with E-state index in [0.29, 0.717) is 19.6 Å². The molecule has 0 atom stereocenters. The summed E-state index contributed by atoms with van der Waals surface area (Å²) in [5, 5.41) is 0. The fourth-order valence-electron chi connectivity index (χ4n) is 1.42. The molecule has 0 radical (unpaired) electrons. The third kappa shape index (κ3) is 5.53. The number of rotatable bonds is 7. The molecule has 1 aromatic rings. The molecule has 0 aromatic heterocycles. The highest BCUT2D eigenvalue weighted by molar-refractivity contribution is 5.64. The molecule has 0 saturated carbocycles. The Bertz CT molecular complexity index is 371. The van der Waals surface area contributed by atoms with Gasteiger partial charge in [-0.05, 0) is 17.6 Å². The zero-order valence-corrected chi connectivity index (χ0v) is 10.9. The predicted molar refractivity (Wildman–Crippen MR) is 72.3 cm³/mol. The van der Waals surface area contributed by atoms with Crippen molar-refractivity contribution in [2.75, 3.05) is 13.2 Å². The number of hydrogen-bond acceptors (Lipinski definition) is 3.